The van der Waals surface area contributed by atoms with Crippen LogP contribution < -0.4 is 21.1 Å². The van der Waals surface area contributed by atoms with Crippen molar-refractivity contribution in [3.8, 4) is 0 Å². The van der Waals surface area contributed by atoms with E-state index in [2.05, 4.69) is 37.1 Å². The lowest BCUT2D eigenvalue weighted by atomic mass is 10.2. The highest BCUT2D eigenvalue weighted by Crippen LogP contribution is 2.35. The molecule has 1 unspecified atom stereocenters. The highest BCUT2D eigenvalue weighted by atomic mass is 15.4. The van der Waals surface area contributed by atoms with Crippen molar-refractivity contribution in [3.63, 3.8) is 0 Å². The number of nitrogens with zero attached hydrogens (tertiary/aromatic N) is 5. The topological polar surface area (TPSA) is 83.2 Å². The van der Waals surface area contributed by atoms with Crippen LogP contribution in [-0.2, 0) is 0 Å². The van der Waals surface area contributed by atoms with Crippen molar-refractivity contribution < 1.29 is 0 Å². The van der Waals surface area contributed by atoms with Crippen molar-refractivity contribution in [1.82, 2.24) is 15.0 Å². The number of nitrogens with two attached hydrogens (primary N) is 1. The van der Waals surface area contributed by atoms with Gasteiger partial charge < -0.3 is 9.80 Å². The highest BCUT2D eigenvalue weighted by Gasteiger charge is 2.32. The predicted molar refractivity (Wildman–Crippen MR) is 79.7 cm³/mol. The van der Waals surface area contributed by atoms with Crippen molar-refractivity contribution >= 4 is 17.8 Å². The summed E-state index contributed by atoms with van der Waals surface area (Å²) in [7, 11) is 2.05. The Kier molecular flexibility index (Phi) is 3.60. The minimum atomic E-state index is 0.437. The summed E-state index contributed by atoms with van der Waals surface area (Å²) < 4.78 is 0. The first kappa shape index (κ1) is 13.4. The smallest absolute Gasteiger partial charge is 0.243 e. The number of rotatable bonds is 5. The van der Waals surface area contributed by atoms with E-state index >= 15 is 0 Å². The Morgan fingerprint density at radius 3 is 2.55 bits per heavy atom. The molecule has 1 saturated heterocycles. The molecule has 110 valence electrons. The molecule has 20 heavy (non-hydrogen) atoms. The van der Waals surface area contributed by atoms with Crippen molar-refractivity contribution in [2.24, 2.45) is 11.8 Å². The molecule has 3 N–H and O–H groups in total. The Bertz CT molecular complexity index is 468. The fourth-order valence-electron chi connectivity index (χ4n) is 2.71. The van der Waals surface area contributed by atoms with E-state index in [0.717, 1.165) is 25.0 Å². The first-order valence-corrected chi connectivity index (χ1v) is 7.39. The molecule has 1 aliphatic carbocycles. The van der Waals surface area contributed by atoms with Gasteiger partial charge in [0.2, 0.25) is 17.8 Å². The Labute approximate surface area is 119 Å². The molecule has 2 aliphatic rings. The summed E-state index contributed by atoms with van der Waals surface area (Å²) in [5.74, 6) is 8.13. The molecule has 0 radical (unpaired) electrons. The summed E-state index contributed by atoms with van der Waals surface area (Å²) >= 11 is 0. The molecule has 2 heterocycles. The van der Waals surface area contributed by atoms with Gasteiger partial charge in [0, 0.05) is 26.2 Å². The summed E-state index contributed by atoms with van der Waals surface area (Å²) in [6.07, 6.45) is 5.00. The van der Waals surface area contributed by atoms with Crippen LogP contribution >= 0.6 is 0 Å². The van der Waals surface area contributed by atoms with E-state index in [1.54, 1.807) is 0 Å². The second-order valence-electron chi connectivity index (χ2n) is 5.79. The molecule has 3 rings (SSSR count). The maximum absolute atomic E-state index is 5.49. The van der Waals surface area contributed by atoms with E-state index in [-0.39, 0.29) is 0 Å². The Morgan fingerprint density at radius 2 is 1.95 bits per heavy atom. The van der Waals surface area contributed by atoms with Gasteiger partial charge in [-0.2, -0.15) is 15.0 Å². The summed E-state index contributed by atoms with van der Waals surface area (Å²) in [5, 5.41) is 0. The van der Waals surface area contributed by atoms with Crippen LogP contribution in [0.4, 0.5) is 17.8 Å². The van der Waals surface area contributed by atoms with Crippen LogP contribution in [-0.4, -0.2) is 41.1 Å². The van der Waals surface area contributed by atoms with Crippen molar-refractivity contribution in [1.29, 1.82) is 0 Å². The molecule has 1 aromatic heterocycles. The van der Waals surface area contributed by atoms with Crippen LogP contribution in [0.25, 0.3) is 0 Å². The number of hydrazine groups is 1. The number of hydrogen-bond acceptors (Lipinski definition) is 7. The maximum atomic E-state index is 5.49. The SMILES string of the molecule is CC(C1CC1)N(C)c1nc(NN)nc(N2CCCC2)n1. The van der Waals surface area contributed by atoms with Crippen LogP contribution in [0.5, 0.6) is 0 Å². The summed E-state index contributed by atoms with van der Waals surface area (Å²) in [4.78, 5) is 17.7. The highest BCUT2D eigenvalue weighted by molar-refractivity contribution is 5.45. The Balaban J connectivity index is 1.86. The lowest BCUT2D eigenvalue weighted by molar-refractivity contribution is 0.596. The molecular formula is C13H23N7. The summed E-state index contributed by atoms with van der Waals surface area (Å²) in [6, 6.07) is 0.453. The largest absolute Gasteiger partial charge is 0.341 e. The van der Waals surface area contributed by atoms with Gasteiger partial charge in [0.05, 0.1) is 0 Å². The third-order valence-corrected chi connectivity index (χ3v) is 4.36. The van der Waals surface area contributed by atoms with Gasteiger partial charge >= 0.3 is 0 Å². The normalized spacial score (nSPS) is 20.1. The molecular weight excluding hydrogens is 254 g/mol. The monoisotopic (exact) mass is 277 g/mol. The first-order chi connectivity index (χ1) is 9.69. The van der Waals surface area contributed by atoms with Crippen LogP contribution in [0.2, 0.25) is 0 Å². The van der Waals surface area contributed by atoms with E-state index in [0.29, 0.717) is 17.9 Å². The molecule has 2 fully saturated rings. The minimum absolute atomic E-state index is 0.437. The van der Waals surface area contributed by atoms with Gasteiger partial charge in [-0.25, -0.2) is 5.84 Å². The fraction of sp³-hybridized carbons (Fsp3) is 0.769. The van der Waals surface area contributed by atoms with Crippen molar-refractivity contribution in [2.45, 2.75) is 38.6 Å². The van der Waals surface area contributed by atoms with E-state index in [1.807, 2.05) is 7.05 Å². The van der Waals surface area contributed by atoms with Gasteiger partial charge in [-0.05, 0) is 38.5 Å². The number of nitrogens with one attached hydrogen (secondary N) is 1. The predicted octanol–water partition coefficient (Wildman–Crippen LogP) is 0.992. The fourth-order valence-corrected chi connectivity index (χ4v) is 2.71. The zero-order valence-electron chi connectivity index (χ0n) is 12.2. The van der Waals surface area contributed by atoms with E-state index in [9.17, 15) is 0 Å². The van der Waals surface area contributed by atoms with Gasteiger partial charge in [-0.3, -0.25) is 5.43 Å². The molecule has 7 nitrogen and oxygen atoms in total. The second-order valence-corrected chi connectivity index (χ2v) is 5.79. The zero-order valence-corrected chi connectivity index (χ0v) is 12.2. The number of anilines is 3. The standard InChI is InChI=1S/C13H23N7/c1-9(10-5-6-10)19(2)12-15-11(18-14)16-13(17-12)20-7-3-4-8-20/h9-10H,3-8,14H2,1-2H3,(H,15,16,17,18). The van der Waals surface area contributed by atoms with Crippen LogP contribution in [0, 0.1) is 5.92 Å². The van der Waals surface area contributed by atoms with E-state index < -0.39 is 0 Å². The van der Waals surface area contributed by atoms with Crippen LogP contribution in [0.1, 0.15) is 32.6 Å². The number of aromatic nitrogens is 3. The first-order valence-electron chi connectivity index (χ1n) is 7.39. The molecule has 0 bridgehead atoms. The van der Waals surface area contributed by atoms with Crippen molar-refractivity contribution in [2.75, 3.05) is 35.4 Å². The average molecular weight is 277 g/mol. The molecule has 0 amide bonds. The summed E-state index contributed by atoms with van der Waals surface area (Å²) in [6.45, 7) is 4.25. The molecule has 1 aromatic rings. The third-order valence-electron chi connectivity index (χ3n) is 4.36. The van der Waals surface area contributed by atoms with Crippen LogP contribution in [0.15, 0.2) is 0 Å². The van der Waals surface area contributed by atoms with E-state index in [4.69, 9.17) is 5.84 Å². The van der Waals surface area contributed by atoms with Crippen molar-refractivity contribution in [3.05, 3.63) is 0 Å². The second kappa shape index (κ2) is 5.40. The third kappa shape index (κ3) is 2.63. The van der Waals surface area contributed by atoms with Gasteiger partial charge in [-0.15, -0.1) is 0 Å². The molecule has 1 atom stereocenters. The number of hydrogen-bond donors (Lipinski definition) is 2. The lowest BCUT2D eigenvalue weighted by Crippen LogP contribution is -2.33. The Morgan fingerprint density at radius 1 is 1.25 bits per heavy atom. The quantitative estimate of drug-likeness (QED) is 0.613. The minimum Gasteiger partial charge on any atom is -0.341 e. The van der Waals surface area contributed by atoms with Gasteiger partial charge in [-0.1, -0.05) is 0 Å². The molecule has 0 spiro atoms. The molecule has 7 heteroatoms. The number of nitrogen functional groups attached to an aromatic ring is 1. The van der Waals surface area contributed by atoms with Crippen LogP contribution in [0.3, 0.4) is 0 Å². The van der Waals surface area contributed by atoms with E-state index in [1.165, 1.54) is 25.7 Å². The van der Waals surface area contributed by atoms with Gasteiger partial charge in [0.25, 0.3) is 0 Å². The maximum Gasteiger partial charge on any atom is 0.243 e. The average Bonchev–Trinajstić information content (AvgIpc) is 3.19. The van der Waals surface area contributed by atoms with Gasteiger partial charge in [0.15, 0.2) is 0 Å². The lowest BCUT2D eigenvalue weighted by Gasteiger charge is -2.26. The zero-order chi connectivity index (χ0) is 14.1. The molecule has 1 saturated carbocycles. The van der Waals surface area contributed by atoms with Gasteiger partial charge in [0.1, 0.15) is 0 Å². The molecule has 0 aromatic carbocycles. The summed E-state index contributed by atoms with van der Waals surface area (Å²) in [5.41, 5.74) is 2.55. The molecule has 1 aliphatic heterocycles. The Hall–Kier alpha value is -1.63.